The minimum absolute atomic E-state index is 0.0644. The van der Waals surface area contributed by atoms with E-state index in [4.69, 9.17) is 4.74 Å². The van der Waals surface area contributed by atoms with Crippen LogP contribution in [0.1, 0.15) is 19.3 Å². The van der Waals surface area contributed by atoms with Gasteiger partial charge in [-0.1, -0.05) is 18.6 Å². The van der Waals surface area contributed by atoms with Crippen LogP contribution in [0.3, 0.4) is 0 Å². The molecule has 1 heterocycles. The first-order valence-electron chi connectivity index (χ1n) is 7.90. The second-order valence-electron chi connectivity index (χ2n) is 6.36. The number of fused-ring (bicyclic) bond motifs is 1. The Labute approximate surface area is 129 Å². The molecule has 1 saturated heterocycles. The summed E-state index contributed by atoms with van der Waals surface area (Å²) >= 11 is 0. The molecule has 2 fully saturated rings. The number of aliphatic hydroxyl groups is 1. The van der Waals surface area contributed by atoms with Gasteiger partial charge in [-0.15, -0.1) is 0 Å². The van der Waals surface area contributed by atoms with E-state index in [0.717, 1.165) is 24.9 Å². The van der Waals surface area contributed by atoms with Crippen LogP contribution in [-0.4, -0.2) is 47.3 Å². The minimum atomic E-state index is -0.626. The molecular formula is C16H22N2O4. The molecule has 3 atom stereocenters. The van der Waals surface area contributed by atoms with Crippen LogP contribution in [0.25, 0.3) is 0 Å². The summed E-state index contributed by atoms with van der Waals surface area (Å²) < 4.78 is 5.45. The fourth-order valence-electron chi connectivity index (χ4n) is 3.75. The standard InChI is InChI=1S/C16H22N2O4/c19-14(10-17-8-12-4-3-5-13(12)9-17)11-22-16-7-2-1-6-15(16)18(20)21/h1-2,6-7,12-14,19H,3-5,8-11H2/t12-,13+,14-/m1/s1. The van der Waals surface area contributed by atoms with E-state index in [2.05, 4.69) is 4.90 Å². The van der Waals surface area contributed by atoms with Crippen molar-refractivity contribution in [3.63, 3.8) is 0 Å². The summed E-state index contributed by atoms with van der Waals surface area (Å²) in [6.07, 6.45) is 3.33. The Morgan fingerprint density at radius 1 is 1.32 bits per heavy atom. The Morgan fingerprint density at radius 2 is 2.00 bits per heavy atom. The number of β-amino-alcohol motifs (C(OH)–C–C–N with tert-alkyl or cyclic N) is 1. The molecule has 1 aliphatic heterocycles. The van der Waals surface area contributed by atoms with Crippen molar-refractivity contribution in [2.45, 2.75) is 25.4 Å². The number of aliphatic hydroxyl groups excluding tert-OH is 1. The number of hydrogen-bond acceptors (Lipinski definition) is 5. The molecule has 6 heteroatoms. The molecule has 22 heavy (non-hydrogen) atoms. The van der Waals surface area contributed by atoms with Gasteiger partial charge < -0.3 is 14.7 Å². The highest BCUT2D eigenvalue weighted by atomic mass is 16.6. The van der Waals surface area contributed by atoms with E-state index in [1.165, 1.54) is 25.3 Å². The Morgan fingerprint density at radius 3 is 2.68 bits per heavy atom. The first kappa shape index (κ1) is 15.2. The number of nitro groups is 1. The van der Waals surface area contributed by atoms with Crippen LogP contribution in [0, 0.1) is 22.0 Å². The van der Waals surface area contributed by atoms with E-state index in [1.807, 2.05) is 0 Å². The van der Waals surface area contributed by atoms with Gasteiger partial charge in [0.2, 0.25) is 0 Å². The number of likely N-dealkylation sites (tertiary alicyclic amines) is 1. The number of hydrogen-bond donors (Lipinski definition) is 1. The molecular weight excluding hydrogens is 284 g/mol. The molecule has 3 rings (SSSR count). The molecule has 0 amide bonds. The highest BCUT2D eigenvalue weighted by molar-refractivity contribution is 5.45. The molecule has 6 nitrogen and oxygen atoms in total. The van der Waals surface area contributed by atoms with Gasteiger partial charge >= 0.3 is 5.69 Å². The van der Waals surface area contributed by atoms with E-state index in [9.17, 15) is 15.2 Å². The molecule has 1 aromatic carbocycles. The summed E-state index contributed by atoms with van der Waals surface area (Å²) in [4.78, 5) is 12.7. The van der Waals surface area contributed by atoms with Crippen molar-refractivity contribution in [1.82, 2.24) is 4.90 Å². The lowest BCUT2D eigenvalue weighted by Crippen LogP contribution is -2.34. The smallest absolute Gasteiger partial charge is 0.310 e. The summed E-state index contributed by atoms with van der Waals surface area (Å²) in [7, 11) is 0. The summed E-state index contributed by atoms with van der Waals surface area (Å²) in [5.74, 6) is 1.80. The molecule has 1 saturated carbocycles. The third-order valence-corrected chi connectivity index (χ3v) is 4.76. The van der Waals surface area contributed by atoms with E-state index >= 15 is 0 Å². The van der Waals surface area contributed by atoms with Crippen LogP contribution in [0.15, 0.2) is 24.3 Å². The van der Waals surface area contributed by atoms with Gasteiger partial charge in [-0.3, -0.25) is 10.1 Å². The Kier molecular flexibility index (Phi) is 4.59. The summed E-state index contributed by atoms with van der Waals surface area (Å²) in [5, 5.41) is 21.0. The van der Waals surface area contributed by atoms with Gasteiger partial charge in [0.1, 0.15) is 12.7 Å². The maximum atomic E-state index is 10.9. The maximum absolute atomic E-state index is 10.9. The zero-order chi connectivity index (χ0) is 15.5. The maximum Gasteiger partial charge on any atom is 0.310 e. The Hall–Kier alpha value is -1.66. The van der Waals surface area contributed by atoms with Crippen LogP contribution in [-0.2, 0) is 0 Å². The lowest BCUT2D eigenvalue weighted by atomic mass is 10.0. The molecule has 1 aliphatic carbocycles. The number of nitrogens with zero attached hydrogens (tertiary/aromatic N) is 2. The van der Waals surface area contributed by atoms with Crippen LogP contribution >= 0.6 is 0 Å². The predicted octanol–water partition coefficient (Wildman–Crippen LogP) is 2.07. The molecule has 0 aromatic heterocycles. The van der Waals surface area contributed by atoms with Gasteiger partial charge in [0.15, 0.2) is 5.75 Å². The fourth-order valence-corrected chi connectivity index (χ4v) is 3.75. The molecule has 0 spiro atoms. The molecule has 1 N–H and O–H groups in total. The number of ether oxygens (including phenoxy) is 1. The first-order chi connectivity index (χ1) is 10.6. The SMILES string of the molecule is O=[N+]([O-])c1ccccc1OC[C@H](O)CN1C[C@H]2CCC[C@H]2C1. The topological polar surface area (TPSA) is 75.8 Å². The Bertz CT molecular complexity index is 525. The number of para-hydroxylation sites is 2. The third kappa shape index (κ3) is 3.39. The van der Waals surface area contributed by atoms with Gasteiger partial charge in [-0.25, -0.2) is 0 Å². The van der Waals surface area contributed by atoms with E-state index in [1.54, 1.807) is 18.2 Å². The third-order valence-electron chi connectivity index (χ3n) is 4.76. The fraction of sp³-hybridized carbons (Fsp3) is 0.625. The van der Waals surface area contributed by atoms with Crippen molar-refractivity contribution in [1.29, 1.82) is 0 Å². The van der Waals surface area contributed by atoms with Crippen LogP contribution in [0.4, 0.5) is 5.69 Å². The largest absolute Gasteiger partial charge is 0.484 e. The van der Waals surface area contributed by atoms with E-state index in [-0.39, 0.29) is 18.0 Å². The van der Waals surface area contributed by atoms with Crippen molar-refractivity contribution < 1.29 is 14.8 Å². The lowest BCUT2D eigenvalue weighted by molar-refractivity contribution is -0.385. The van der Waals surface area contributed by atoms with Gasteiger partial charge in [-0.05, 0) is 30.7 Å². The number of benzene rings is 1. The Balaban J connectivity index is 1.49. The molecule has 2 aliphatic rings. The van der Waals surface area contributed by atoms with E-state index in [0.29, 0.717) is 6.54 Å². The molecule has 0 unspecified atom stereocenters. The lowest BCUT2D eigenvalue weighted by Gasteiger charge is -2.20. The average molecular weight is 306 g/mol. The van der Waals surface area contributed by atoms with Crippen molar-refractivity contribution in [3.05, 3.63) is 34.4 Å². The van der Waals surface area contributed by atoms with Crippen LogP contribution in [0.5, 0.6) is 5.75 Å². The highest BCUT2D eigenvalue weighted by Gasteiger charge is 2.36. The van der Waals surface area contributed by atoms with E-state index < -0.39 is 11.0 Å². The first-order valence-corrected chi connectivity index (χ1v) is 7.90. The predicted molar refractivity (Wildman–Crippen MR) is 81.9 cm³/mol. The average Bonchev–Trinajstić information content (AvgIpc) is 3.06. The molecule has 0 bridgehead atoms. The summed E-state index contributed by atoms with van der Waals surface area (Å²) in [6, 6.07) is 6.26. The van der Waals surface area contributed by atoms with Crippen molar-refractivity contribution in [2.75, 3.05) is 26.2 Å². The normalized spacial score (nSPS) is 25.9. The van der Waals surface area contributed by atoms with Gasteiger partial charge in [0, 0.05) is 25.7 Å². The van der Waals surface area contributed by atoms with Crippen molar-refractivity contribution in [2.24, 2.45) is 11.8 Å². The molecule has 120 valence electrons. The second kappa shape index (κ2) is 6.62. The molecule has 1 aromatic rings. The van der Waals surface area contributed by atoms with Crippen molar-refractivity contribution in [3.8, 4) is 5.75 Å². The second-order valence-corrected chi connectivity index (χ2v) is 6.36. The highest BCUT2D eigenvalue weighted by Crippen LogP contribution is 2.37. The monoisotopic (exact) mass is 306 g/mol. The van der Waals surface area contributed by atoms with Crippen molar-refractivity contribution >= 4 is 5.69 Å². The van der Waals surface area contributed by atoms with Crippen LogP contribution in [0.2, 0.25) is 0 Å². The van der Waals surface area contributed by atoms with Crippen LogP contribution < -0.4 is 4.74 Å². The summed E-state index contributed by atoms with van der Waals surface area (Å²) in [5.41, 5.74) is -0.0644. The zero-order valence-corrected chi connectivity index (χ0v) is 12.6. The quantitative estimate of drug-likeness (QED) is 0.643. The van der Waals surface area contributed by atoms with Gasteiger partial charge in [-0.2, -0.15) is 0 Å². The molecule has 0 radical (unpaired) electrons. The van der Waals surface area contributed by atoms with Gasteiger partial charge in [0.05, 0.1) is 4.92 Å². The minimum Gasteiger partial charge on any atom is -0.484 e. The number of rotatable bonds is 6. The van der Waals surface area contributed by atoms with Gasteiger partial charge in [0.25, 0.3) is 0 Å². The summed E-state index contributed by atoms with van der Waals surface area (Å²) in [6.45, 7) is 2.78. The number of nitro benzene ring substituents is 1. The zero-order valence-electron chi connectivity index (χ0n) is 12.6.